The average molecular weight is 316 g/mol. The molecule has 0 saturated carbocycles. The summed E-state index contributed by atoms with van der Waals surface area (Å²) in [5.74, 6) is 0. The van der Waals surface area contributed by atoms with Crippen LogP contribution in [0.5, 0.6) is 0 Å². The molecule has 7 heteroatoms. The monoisotopic (exact) mass is 315 g/mol. The number of halogens is 1. The van der Waals surface area contributed by atoms with Crippen LogP contribution in [-0.4, -0.2) is 26.0 Å². The van der Waals surface area contributed by atoms with Crippen molar-refractivity contribution < 1.29 is 0 Å². The second-order valence-electron chi connectivity index (χ2n) is 4.00. The van der Waals surface area contributed by atoms with Gasteiger partial charge in [0.15, 0.2) is 0 Å². The molecule has 1 N–H and O–H groups in total. The molecule has 0 amide bonds. The van der Waals surface area contributed by atoms with E-state index in [4.69, 9.17) is 0 Å². The van der Waals surface area contributed by atoms with Crippen molar-refractivity contribution in [2.24, 2.45) is 0 Å². The van der Waals surface area contributed by atoms with Crippen LogP contribution in [0.25, 0.3) is 0 Å². The Morgan fingerprint density at radius 1 is 1.53 bits per heavy atom. The van der Waals surface area contributed by atoms with Crippen LogP contribution in [0.2, 0.25) is 0 Å². The molecule has 0 atom stereocenters. The van der Waals surface area contributed by atoms with Crippen molar-refractivity contribution in [2.45, 2.75) is 33.0 Å². The lowest BCUT2D eigenvalue weighted by molar-refractivity contribution is 0.580. The first kappa shape index (κ1) is 12.7. The van der Waals surface area contributed by atoms with E-state index in [-0.39, 0.29) is 0 Å². The SMILES string of the molecule is CC(C)NCc1cn(Cc2ncc(Br)s2)nn1. The highest BCUT2D eigenvalue weighted by Gasteiger charge is 2.04. The van der Waals surface area contributed by atoms with Crippen LogP contribution in [0.1, 0.15) is 24.5 Å². The molecule has 92 valence electrons. The van der Waals surface area contributed by atoms with E-state index in [2.05, 4.69) is 50.4 Å². The minimum Gasteiger partial charge on any atom is -0.309 e. The Kier molecular flexibility index (Phi) is 4.25. The zero-order valence-corrected chi connectivity index (χ0v) is 12.1. The van der Waals surface area contributed by atoms with Crippen molar-refractivity contribution in [1.29, 1.82) is 0 Å². The van der Waals surface area contributed by atoms with Crippen LogP contribution < -0.4 is 5.32 Å². The van der Waals surface area contributed by atoms with Gasteiger partial charge in [-0.2, -0.15) is 0 Å². The van der Waals surface area contributed by atoms with Crippen LogP contribution in [-0.2, 0) is 13.1 Å². The maximum atomic E-state index is 4.26. The minimum atomic E-state index is 0.454. The van der Waals surface area contributed by atoms with Crippen LogP contribution in [0, 0.1) is 0 Å². The third-order valence-corrected chi connectivity index (χ3v) is 3.56. The second kappa shape index (κ2) is 5.70. The molecule has 2 rings (SSSR count). The Morgan fingerprint density at radius 3 is 3.00 bits per heavy atom. The summed E-state index contributed by atoms with van der Waals surface area (Å²) in [4.78, 5) is 4.26. The summed E-state index contributed by atoms with van der Waals surface area (Å²) in [7, 11) is 0. The van der Waals surface area contributed by atoms with Gasteiger partial charge >= 0.3 is 0 Å². The molecule has 0 bridgehead atoms. The zero-order chi connectivity index (χ0) is 12.3. The molecule has 0 aliphatic carbocycles. The molecule has 0 saturated heterocycles. The van der Waals surface area contributed by atoms with Gasteiger partial charge in [0.25, 0.3) is 0 Å². The third-order valence-electron chi connectivity index (χ3n) is 2.10. The number of nitrogens with zero attached hydrogens (tertiary/aromatic N) is 4. The van der Waals surface area contributed by atoms with Gasteiger partial charge in [0, 0.05) is 12.6 Å². The lowest BCUT2D eigenvalue weighted by Gasteiger charge is -2.03. The van der Waals surface area contributed by atoms with E-state index in [1.54, 1.807) is 17.5 Å². The predicted molar refractivity (Wildman–Crippen MR) is 70.9 cm³/mol. The molecule has 0 aromatic carbocycles. The molecule has 0 unspecified atom stereocenters. The maximum Gasteiger partial charge on any atom is 0.115 e. The first-order chi connectivity index (χ1) is 8.13. The summed E-state index contributed by atoms with van der Waals surface area (Å²) < 4.78 is 2.84. The van der Waals surface area contributed by atoms with Crippen molar-refractivity contribution >= 4 is 27.3 Å². The van der Waals surface area contributed by atoms with Gasteiger partial charge in [-0.3, -0.25) is 0 Å². The Morgan fingerprint density at radius 2 is 2.35 bits per heavy atom. The van der Waals surface area contributed by atoms with E-state index >= 15 is 0 Å². The summed E-state index contributed by atoms with van der Waals surface area (Å²) in [5.41, 5.74) is 0.953. The van der Waals surface area contributed by atoms with Crippen molar-refractivity contribution in [2.75, 3.05) is 0 Å². The van der Waals surface area contributed by atoms with Gasteiger partial charge < -0.3 is 5.32 Å². The van der Waals surface area contributed by atoms with E-state index < -0.39 is 0 Å². The highest BCUT2D eigenvalue weighted by molar-refractivity contribution is 9.11. The van der Waals surface area contributed by atoms with E-state index in [9.17, 15) is 0 Å². The summed E-state index contributed by atoms with van der Waals surface area (Å²) >= 11 is 5.00. The molecule has 5 nitrogen and oxygen atoms in total. The first-order valence-electron chi connectivity index (χ1n) is 5.36. The van der Waals surface area contributed by atoms with Gasteiger partial charge in [0.1, 0.15) is 5.01 Å². The Balaban J connectivity index is 1.94. The fourth-order valence-electron chi connectivity index (χ4n) is 1.31. The quantitative estimate of drug-likeness (QED) is 0.917. The molecule has 2 heterocycles. The second-order valence-corrected chi connectivity index (χ2v) is 6.50. The van der Waals surface area contributed by atoms with E-state index in [1.807, 2.05) is 10.9 Å². The summed E-state index contributed by atoms with van der Waals surface area (Å²) in [5, 5.41) is 12.5. The smallest absolute Gasteiger partial charge is 0.115 e. The molecule has 0 spiro atoms. The molecule has 2 aromatic heterocycles. The molecular formula is C10H14BrN5S. The largest absolute Gasteiger partial charge is 0.309 e. The van der Waals surface area contributed by atoms with Gasteiger partial charge in [-0.25, -0.2) is 9.67 Å². The van der Waals surface area contributed by atoms with E-state index in [1.165, 1.54) is 0 Å². The van der Waals surface area contributed by atoms with Crippen LogP contribution >= 0.6 is 27.3 Å². The predicted octanol–water partition coefficient (Wildman–Crippen LogP) is 2.04. The van der Waals surface area contributed by atoms with Gasteiger partial charge in [-0.1, -0.05) is 19.1 Å². The third kappa shape index (κ3) is 3.86. The molecule has 2 aromatic rings. The Hall–Kier alpha value is -0.790. The van der Waals surface area contributed by atoms with Crippen molar-refractivity contribution in [3.8, 4) is 0 Å². The average Bonchev–Trinajstić information content (AvgIpc) is 2.86. The van der Waals surface area contributed by atoms with Crippen LogP contribution in [0.3, 0.4) is 0 Å². The molecule has 0 aliphatic rings. The highest BCUT2D eigenvalue weighted by Crippen LogP contribution is 2.19. The van der Waals surface area contributed by atoms with E-state index in [0.717, 1.165) is 21.0 Å². The zero-order valence-electron chi connectivity index (χ0n) is 9.72. The molecule has 0 aliphatic heterocycles. The first-order valence-corrected chi connectivity index (χ1v) is 6.97. The number of hydrogen-bond acceptors (Lipinski definition) is 5. The summed E-state index contributed by atoms with van der Waals surface area (Å²) in [6.07, 6.45) is 3.75. The fourth-order valence-corrected chi connectivity index (χ4v) is 2.60. The number of rotatable bonds is 5. The molecule has 0 radical (unpaired) electrons. The van der Waals surface area contributed by atoms with Crippen molar-refractivity contribution in [3.05, 3.63) is 26.9 Å². The fraction of sp³-hybridized carbons (Fsp3) is 0.500. The number of nitrogens with one attached hydrogen (secondary N) is 1. The van der Waals surface area contributed by atoms with Crippen molar-refractivity contribution in [1.82, 2.24) is 25.3 Å². The topological polar surface area (TPSA) is 55.6 Å². The number of hydrogen-bond donors (Lipinski definition) is 1. The van der Waals surface area contributed by atoms with Gasteiger partial charge in [0.2, 0.25) is 0 Å². The maximum absolute atomic E-state index is 4.26. The number of thiazole rings is 1. The lowest BCUT2D eigenvalue weighted by Crippen LogP contribution is -2.21. The molecular weight excluding hydrogens is 302 g/mol. The molecule has 0 fully saturated rings. The van der Waals surface area contributed by atoms with Gasteiger partial charge in [0.05, 0.1) is 28.4 Å². The van der Waals surface area contributed by atoms with E-state index in [0.29, 0.717) is 12.6 Å². The minimum absolute atomic E-state index is 0.454. The highest BCUT2D eigenvalue weighted by atomic mass is 79.9. The lowest BCUT2D eigenvalue weighted by atomic mass is 10.3. The van der Waals surface area contributed by atoms with Gasteiger partial charge in [-0.05, 0) is 15.9 Å². The van der Waals surface area contributed by atoms with Crippen LogP contribution in [0.4, 0.5) is 0 Å². The summed E-state index contributed by atoms with van der Waals surface area (Å²) in [6.45, 7) is 5.64. The number of aromatic nitrogens is 4. The van der Waals surface area contributed by atoms with Crippen molar-refractivity contribution in [3.63, 3.8) is 0 Å². The molecule has 17 heavy (non-hydrogen) atoms. The normalized spacial score (nSPS) is 11.3. The van der Waals surface area contributed by atoms with Crippen LogP contribution in [0.15, 0.2) is 16.2 Å². The standard InChI is InChI=1S/C10H14BrN5S/c1-7(2)12-3-8-5-16(15-14-8)6-10-13-4-9(11)17-10/h4-5,7,12H,3,6H2,1-2H3. The Bertz CT molecular complexity index is 479. The Labute approximate surface area is 112 Å². The van der Waals surface area contributed by atoms with Gasteiger partial charge in [-0.15, -0.1) is 16.4 Å². The summed E-state index contributed by atoms with van der Waals surface area (Å²) in [6, 6.07) is 0.454.